The molecule has 0 spiro atoms. The maximum absolute atomic E-state index is 12.6. The predicted octanol–water partition coefficient (Wildman–Crippen LogP) is 2.61. The largest absolute Gasteiger partial charge is 0.493 e. The monoisotopic (exact) mass is 291 g/mol. The van der Waals surface area contributed by atoms with Crippen molar-refractivity contribution in [2.75, 3.05) is 7.11 Å². The minimum absolute atomic E-state index is 0.374. The molecular formula is C7H5Cl2F2NO3S. The molecular weight excluding hydrogens is 287 g/mol. The van der Waals surface area contributed by atoms with Crippen LogP contribution in [0.5, 0.6) is 5.75 Å². The van der Waals surface area contributed by atoms with E-state index in [1.165, 1.54) is 0 Å². The van der Waals surface area contributed by atoms with Crippen LogP contribution in [0, 0.1) is 0 Å². The average molecular weight is 292 g/mol. The highest BCUT2D eigenvalue weighted by Crippen LogP contribution is 2.35. The van der Waals surface area contributed by atoms with Gasteiger partial charge in [-0.15, -0.1) is 0 Å². The smallest absolute Gasteiger partial charge is 0.278 e. The number of aromatic nitrogens is 1. The highest BCUT2D eigenvalue weighted by Gasteiger charge is 2.23. The summed E-state index contributed by atoms with van der Waals surface area (Å²) in [4.78, 5) is 3.35. The van der Waals surface area contributed by atoms with Crippen LogP contribution in [0.4, 0.5) is 8.78 Å². The third-order valence-electron chi connectivity index (χ3n) is 1.63. The van der Waals surface area contributed by atoms with Crippen molar-refractivity contribution in [3.05, 3.63) is 16.8 Å². The van der Waals surface area contributed by atoms with E-state index in [4.69, 9.17) is 22.3 Å². The number of methoxy groups -OCH3 is 1. The highest BCUT2D eigenvalue weighted by atomic mass is 35.7. The number of alkyl halides is 2. The van der Waals surface area contributed by atoms with Gasteiger partial charge in [-0.05, 0) is 6.07 Å². The molecule has 0 aliphatic heterocycles. The van der Waals surface area contributed by atoms with Gasteiger partial charge in [0.2, 0.25) is 0 Å². The number of rotatable bonds is 3. The molecule has 0 atom stereocenters. The zero-order valence-corrected chi connectivity index (χ0v) is 10.1. The Hall–Kier alpha value is -0.660. The number of hydrogen-bond acceptors (Lipinski definition) is 4. The standard InChI is InChI=1S/C7H5Cl2F2NO3S/c1-15-5-3(7(10)11)2-4(12-6(5)8)16(9,13)14/h2,7H,1H3. The van der Waals surface area contributed by atoms with Crippen molar-refractivity contribution in [1.82, 2.24) is 4.98 Å². The molecule has 0 aliphatic rings. The van der Waals surface area contributed by atoms with E-state index in [-0.39, 0.29) is 5.75 Å². The van der Waals surface area contributed by atoms with E-state index in [1.54, 1.807) is 0 Å². The van der Waals surface area contributed by atoms with Gasteiger partial charge in [-0.25, -0.2) is 22.2 Å². The Bertz CT molecular complexity index is 507. The molecule has 9 heteroatoms. The van der Waals surface area contributed by atoms with Gasteiger partial charge >= 0.3 is 0 Å². The van der Waals surface area contributed by atoms with Gasteiger partial charge in [-0.3, -0.25) is 0 Å². The topological polar surface area (TPSA) is 56.3 Å². The Morgan fingerprint density at radius 2 is 2.06 bits per heavy atom. The Morgan fingerprint density at radius 3 is 2.44 bits per heavy atom. The first-order valence-electron chi connectivity index (χ1n) is 3.74. The van der Waals surface area contributed by atoms with Crippen molar-refractivity contribution >= 4 is 31.3 Å². The second-order valence-electron chi connectivity index (χ2n) is 2.61. The second-order valence-corrected chi connectivity index (χ2v) is 5.48. The van der Waals surface area contributed by atoms with Gasteiger partial charge in [0.15, 0.2) is 15.9 Å². The average Bonchev–Trinajstić information content (AvgIpc) is 2.14. The summed E-state index contributed by atoms with van der Waals surface area (Å²) in [5, 5.41) is -1.23. The van der Waals surface area contributed by atoms with Crippen molar-refractivity contribution in [3.63, 3.8) is 0 Å². The lowest BCUT2D eigenvalue weighted by atomic mass is 10.2. The number of ether oxygens (including phenoxy) is 1. The summed E-state index contributed by atoms with van der Waals surface area (Å²) in [6.07, 6.45) is -2.95. The molecule has 1 aromatic heterocycles. The van der Waals surface area contributed by atoms with Crippen LogP contribution in [0.25, 0.3) is 0 Å². The maximum Gasteiger partial charge on any atom is 0.278 e. The van der Waals surface area contributed by atoms with Crippen LogP contribution >= 0.6 is 22.3 Å². The number of hydrogen-bond donors (Lipinski definition) is 0. The maximum atomic E-state index is 12.6. The lowest BCUT2D eigenvalue weighted by molar-refractivity contribution is 0.146. The van der Waals surface area contributed by atoms with Crippen LogP contribution in [-0.4, -0.2) is 20.5 Å². The minimum Gasteiger partial charge on any atom is -0.493 e. The molecule has 0 bridgehead atoms. The van der Waals surface area contributed by atoms with Crippen LogP contribution < -0.4 is 4.74 Å². The second kappa shape index (κ2) is 4.68. The molecule has 16 heavy (non-hydrogen) atoms. The molecule has 0 fully saturated rings. The molecule has 0 aromatic carbocycles. The first-order valence-corrected chi connectivity index (χ1v) is 6.43. The van der Waals surface area contributed by atoms with Gasteiger partial charge in [0.1, 0.15) is 0 Å². The molecule has 0 radical (unpaired) electrons. The van der Waals surface area contributed by atoms with Gasteiger partial charge < -0.3 is 4.74 Å². The fourth-order valence-electron chi connectivity index (χ4n) is 0.987. The van der Waals surface area contributed by atoms with E-state index < -0.39 is 31.2 Å². The summed E-state index contributed by atoms with van der Waals surface area (Å²) in [6.45, 7) is 0. The summed E-state index contributed by atoms with van der Waals surface area (Å²) >= 11 is 5.49. The summed E-state index contributed by atoms with van der Waals surface area (Å²) in [5.74, 6) is -0.374. The van der Waals surface area contributed by atoms with Crippen molar-refractivity contribution < 1.29 is 21.9 Å². The Balaban J connectivity index is 3.52. The molecule has 0 saturated heterocycles. The quantitative estimate of drug-likeness (QED) is 0.634. The molecule has 0 saturated carbocycles. The van der Waals surface area contributed by atoms with E-state index in [9.17, 15) is 17.2 Å². The lowest BCUT2D eigenvalue weighted by Gasteiger charge is -2.09. The Kier molecular flexibility index (Phi) is 3.92. The van der Waals surface area contributed by atoms with Crippen LogP contribution in [0.2, 0.25) is 5.15 Å². The predicted molar refractivity (Wildman–Crippen MR) is 53.8 cm³/mol. The highest BCUT2D eigenvalue weighted by molar-refractivity contribution is 8.13. The molecule has 1 heterocycles. The van der Waals surface area contributed by atoms with E-state index >= 15 is 0 Å². The summed E-state index contributed by atoms with van der Waals surface area (Å²) in [5.41, 5.74) is -0.679. The summed E-state index contributed by atoms with van der Waals surface area (Å²) in [6, 6.07) is 0.623. The van der Waals surface area contributed by atoms with E-state index in [0.29, 0.717) is 6.07 Å². The van der Waals surface area contributed by atoms with E-state index in [1.807, 2.05) is 0 Å². The van der Waals surface area contributed by atoms with Gasteiger partial charge in [-0.1, -0.05) is 11.6 Å². The van der Waals surface area contributed by atoms with Crippen molar-refractivity contribution in [2.45, 2.75) is 11.5 Å². The molecule has 0 aliphatic carbocycles. The fourth-order valence-corrected chi connectivity index (χ4v) is 2.02. The third kappa shape index (κ3) is 2.72. The number of nitrogens with zero attached hydrogens (tertiary/aromatic N) is 1. The SMILES string of the molecule is COc1c(C(F)F)cc(S(=O)(=O)Cl)nc1Cl. The van der Waals surface area contributed by atoms with Gasteiger partial charge in [0.05, 0.1) is 12.7 Å². The van der Waals surface area contributed by atoms with Crippen LogP contribution in [0.3, 0.4) is 0 Å². The molecule has 1 rings (SSSR count). The van der Waals surface area contributed by atoms with E-state index in [0.717, 1.165) is 7.11 Å². The lowest BCUT2D eigenvalue weighted by Crippen LogP contribution is -2.02. The summed E-state index contributed by atoms with van der Waals surface area (Å²) in [7, 11) is 1.86. The Morgan fingerprint density at radius 1 is 1.50 bits per heavy atom. The van der Waals surface area contributed by atoms with E-state index in [2.05, 4.69) is 9.72 Å². The number of halogens is 4. The summed E-state index contributed by atoms with van der Waals surface area (Å²) < 4.78 is 51.5. The zero-order chi connectivity index (χ0) is 12.5. The van der Waals surface area contributed by atoms with Crippen molar-refractivity contribution in [3.8, 4) is 5.75 Å². The number of pyridine rings is 1. The molecule has 4 nitrogen and oxygen atoms in total. The zero-order valence-electron chi connectivity index (χ0n) is 7.75. The third-order valence-corrected chi connectivity index (χ3v) is 3.07. The van der Waals surface area contributed by atoms with Crippen LogP contribution in [-0.2, 0) is 9.05 Å². The molecule has 90 valence electrons. The van der Waals surface area contributed by atoms with Gasteiger partial charge in [0, 0.05) is 10.7 Å². The van der Waals surface area contributed by atoms with Gasteiger partial charge in [0.25, 0.3) is 15.5 Å². The first-order chi connectivity index (χ1) is 7.27. The van der Waals surface area contributed by atoms with Crippen molar-refractivity contribution in [1.29, 1.82) is 0 Å². The van der Waals surface area contributed by atoms with Crippen LogP contribution in [0.1, 0.15) is 12.0 Å². The minimum atomic E-state index is -4.22. The normalized spacial score (nSPS) is 11.9. The molecule has 1 aromatic rings. The fraction of sp³-hybridized carbons (Fsp3) is 0.286. The molecule has 0 unspecified atom stereocenters. The van der Waals surface area contributed by atoms with Crippen molar-refractivity contribution in [2.24, 2.45) is 0 Å². The molecule has 0 amide bonds. The first kappa shape index (κ1) is 13.4. The van der Waals surface area contributed by atoms with Gasteiger partial charge in [-0.2, -0.15) is 0 Å². The molecule has 0 N–H and O–H groups in total. The Labute approximate surface area is 99.6 Å². The van der Waals surface area contributed by atoms with Crippen LogP contribution in [0.15, 0.2) is 11.1 Å².